The van der Waals surface area contributed by atoms with Gasteiger partial charge in [0.2, 0.25) is 0 Å². The molecule has 0 aliphatic carbocycles. The van der Waals surface area contributed by atoms with E-state index in [1.165, 1.54) is 35.4 Å². The average molecular weight is 731 g/mol. The van der Waals surface area contributed by atoms with Crippen molar-refractivity contribution in [2.45, 2.75) is 26.1 Å². The molecule has 244 valence electrons. The maximum atomic E-state index is 12.6. The number of halogens is 7. The van der Waals surface area contributed by atoms with Gasteiger partial charge in [0.1, 0.15) is 11.6 Å². The van der Waals surface area contributed by atoms with Crippen LogP contribution in [0.15, 0.2) is 152 Å². The standard InChI is InChI=1S/C13H10Cl2.C13H10F2.C7H6Cl2.C6H5Cl.CH4/c2*14-12-5-1-10(2-6-12)9-11-3-7-13(15)8-4-11;8-5-6-1-3-7(9)4-2-6;7-6-4-2-1-3-5-6;/h2*1-8H,9H2;1-4H,5H2;1-5H;1H4. The highest BCUT2D eigenvalue weighted by Gasteiger charge is 1.98. The van der Waals surface area contributed by atoms with Crippen molar-refractivity contribution < 1.29 is 8.78 Å². The van der Waals surface area contributed by atoms with Crippen molar-refractivity contribution in [3.8, 4) is 0 Å². The van der Waals surface area contributed by atoms with Gasteiger partial charge >= 0.3 is 0 Å². The summed E-state index contributed by atoms with van der Waals surface area (Å²) in [6, 6.07) is 45.4. The number of alkyl halides is 1. The van der Waals surface area contributed by atoms with Gasteiger partial charge in [0.25, 0.3) is 0 Å². The van der Waals surface area contributed by atoms with E-state index in [1.807, 2.05) is 103 Å². The highest BCUT2D eigenvalue weighted by Crippen LogP contribution is 2.16. The van der Waals surface area contributed by atoms with Crippen LogP contribution in [-0.2, 0) is 18.7 Å². The number of hydrogen-bond donors (Lipinski definition) is 0. The van der Waals surface area contributed by atoms with Gasteiger partial charge in [0.05, 0.1) is 0 Å². The Labute approximate surface area is 302 Å². The van der Waals surface area contributed by atoms with Crippen LogP contribution in [0.25, 0.3) is 0 Å². The van der Waals surface area contributed by atoms with E-state index in [9.17, 15) is 8.78 Å². The van der Waals surface area contributed by atoms with Crippen molar-refractivity contribution in [1.29, 1.82) is 0 Å². The fourth-order valence-electron chi connectivity index (χ4n) is 3.87. The average Bonchev–Trinajstić information content (AvgIpc) is 3.07. The molecule has 0 amide bonds. The summed E-state index contributed by atoms with van der Waals surface area (Å²) in [5.74, 6) is 0.0766. The summed E-state index contributed by atoms with van der Waals surface area (Å²) in [5, 5.41) is 3.09. The van der Waals surface area contributed by atoms with Crippen molar-refractivity contribution >= 4 is 58.0 Å². The number of hydrogen-bond acceptors (Lipinski definition) is 0. The topological polar surface area (TPSA) is 0 Å². The summed E-state index contributed by atoms with van der Waals surface area (Å²) in [7, 11) is 0. The lowest BCUT2D eigenvalue weighted by atomic mass is 10.1. The van der Waals surface area contributed by atoms with Gasteiger partial charge in [-0.1, -0.05) is 133 Å². The van der Waals surface area contributed by atoms with E-state index in [4.69, 9.17) is 58.0 Å². The molecule has 0 spiro atoms. The molecule has 0 aliphatic rings. The zero-order valence-electron chi connectivity index (χ0n) is 24.7. The monoisotopic (exact) mass is 728 g/mol. The van der Waals surface area contributed by atoms with Gasteiger partial charge in [-0.15, -0.1) is 11.6 Å². The van der Waals surface area contributed by atoms with Crippen molar-refractivity contribution in [3.05, 3.63) is 211 Å². The van der Waals surface area contributed by atoms with Crippen molar-refractivity contribution in [2.75, 3.05) is 0 Å². The van der Waals surface area contributed by atoms with Crippen LogP contribution < -0.4 is 0 Å². The van der Waals surface area contributed by atoms with E-state index in [1.54, 1.807) is 24.3 Å². The highest BCUT2D eigenvalue weighted by atomic mass is 35.5. The second-order valence-corrected chi connectivity index (χ2v) is 11.9. The summed E-state index contributed by atoms with van der Waals surface area (Å²) in [4.78, 5) is 0. The minimum atomic E-state index is -0.238. The van der Waals surface area contributed by atoms with Crippen molar-refractivity contribution in [3.63, 3.8) is 0 Å². The third-order valence-electron chi connectivity index (χ3n) is 6.27. The first-order valence-corrected chi connectivity index (χ1v) is 16.2. The predicted octanol–water partition coefficient (Wildman–Crippen LogP) is 14.2. The van der Waals surface area contributed by atoms with Crippen LogP contribution in [-0.4, -0.2) is 0 Å². The molecule has 0 fully saturated rings. The van der Waals surface area contributed by atoms with E-state index in [0.29, 0.717) is 12.3 Å². The summed E-state index contributed by atoms with van der Waals surface area (Å²) >= 11 is 28.3. The van der Waals surface area contributed by atoms with E-state index in [2.05, 4.69) is 0 Å². The number of rotatable bonds is 5. The largest absolute Gasteiger partial charge is 0.207 e. The minimum absolute atomic E-state index is 0. The second kappa shape index (κ2) is 22.2. The smallest absolute Gasteiger partial charge is 0.123 e. The molecule has 0 radical (unpaired) electrons. The molecule has 6 rings (SSSR count). The Kier molecular flexibility index (Phi) is 18.8. The van der Waals surface area contributed by atoms with Crippen molar-refractivity contribution in [2.24, 2.45) is 0 Å². The first-order valence-electron chi connectivity index (χ1n) is 14.2. The molecule has 0 saturated heterocycles. The van der Waals surface area contributed by atoms with Crippen LogP contribution in [0.1, 0.15) is 35.2 Å². The molecule has 0 atom stereocenters. The van der Waals surface area contributed by atoms with E-state index >= 15 is 0 Å². The Morgan fingerprint density at radius 2 is 0.596 bits per heavy atom. The Morgan fingerprint density at radius 1 is 0.340 bits per heavy atom. The van der Waals surface area contributed by atoms with Gasteiger partial charge in [-0.2, -0.15) is 0 Å². The fourth-order valence-corrected chi connectivity index (χ4v) is 4.57. The van der Waals surface area contributed by atoms with Gasteiger partial charge in [0, 0.05) is 26.0 Å². The third kappa shape index (κ3) is 16.8. The molecule has 0 unspecified atom stereocenters. The molecule has 0 nitrogen and oxygen atoms in total. The highest BCUT2D eigenvalue weighted by molar-refractivity contribution is 6.31. The molecule has 0 aliphatic heterocycles. The number of benzene rings is 6. The van der Waals surface area contributed by atoms with Crippen LogP contribution in [0.5, 0.6) is 0 Å². The van der Waals surface area contributed by atoms with Gasteiger partial charge in [-0.05, 0) is 113 Å². The first kappa shape index (κ1) is 39.8. The Balaban J connectivity index is 0.000000226. The SMILES string of the molecule is C.ClCc1ccc(Cl)cc1.Clc1ccc(Cc2ccc(Cl)cc2)cc1.Clc1ccccc1.Fc1ccc(Cc2ccc(F)cc2)cc1. The molecule has 0 aromatic heterocycles. The maximum Gasteiger partial charge on any atom is 0.123 e. The van der Waals surface area contributed by atoms with Crippen molar-refractivity contribution in [1.82, 2.24) is 0 Å². The molecular weight excluding hydrogens is 696 g/mol. The van der Waals surface area contributed by atoms with E-state index < -0.39 is 0 Å². The van der Waals surface area contributed by atoms with Crippen LogP contribution in [0, 0.1) is 11.6 Å². The summed E-state index contributed by atoms with van der Waals surface area (Å²) in [6.45, 7) is 0. The van der Waals surface area contributed by atoms with Gasteiger partial charge in [-0.3, -0.25) is 0 Å². The van der Waals surface area contributed by atoms with Crippen LogP contribution in [0.3, 0.4) is 0 Å². The van der Waals surface area contributed by atoms with E-state index in [-0.39, 0.29) is 19.1 Å². The summed E-state index contributed by atoms with van der Waals surface area (Å²) < 4.78 is 25.3. The van der Waals surface area contributed by atoms with Crippen LogP contribution in [0.4, 0.5) is 8.78 Å². The molecule has 0 bridgehead atoms. The van der Waals surface area contributed by atoms with Gasteiger partial charge in [0.15, 0.2) is 0 Å². The molecule has 0 heterocycles. The molecule has 6 aromatic rings. The normalized spacial score (nSPS) is 9.68. The summed E-state index contributed by atoms with van der Waals surface area (Å²) in [6.07, 6.45) is 1.61. The molecule has 0 saturated carbocycles. The lowest BCUT2D eigenvalue weighted by Crippen LogP contribution is -1.88. The molecule has 47 heavy (non-hydrogen) atoms. The molecule has 7 heteroatoms. The summed E-state index contributed by atoms with van der Waals surface area (Å²) in [5.41, 5.74) is 5.63. The minimum Gasteiger partial charge on any atom is -0.207 e. The lowest BCUT2D eigenvalue weighted by Gasteiger charge is -2.02. The Bertz CT molecular complexity index is 1500. The maximum absolute atomic E-state index is 12.6. The first-order chi connectivity index (χ1) is 22.2. The Morgan fingerprint density at radius 3 is 0.851 bits per heavy atom. The molecule has 0 N–H and O–H groups in total. The Hall–Kier alpha value is -3.37. The van der Waals surface area contributed by atoms with Crippen LogP contribution in [0.2, 0.25) is 20.1 Å². The van der Waals surface area contributed by atoms with E-state index in [0.717, 1.165) is 43.2 Å². The zero-order valence-corrected chi connectivity index (χ0v) is 28.5. The fraction of sp³-hybridized carbons (Fsp3) is 0.100. The predicted molar refractivity (Wildman–Crippen MR) is 201 cm³/mol. The molecule has 6 aromatic carbocycles. The van der Waals surface area contributed by atoms with Crippen LogP contribution >= 0.6 is 58.0 Å². The third-order valence-corrected chi connectivity index (χ3v) is 7.59. The van der Waals surface area contributed by atoms with Gasteiger partial charge < -0.3 is 0 Å². The van der Waals surface area contributed by atoms with Gasteiger partial charge in [-0.25, -0.2) is 8.78 Å². The lowest BCUT2D eigenvalue weighted by molar-refractivity contribution is 0.627. The second-order valence-electron chi connectivity index (χ2n) is 9.92. The quantitative estimate of drug-likeness (QED) is 0.155. The molecular formula is C40H35Cl5F2. The zero-order chi connectivity index (χ0) is 33.1.